The number of aliphatic imine (C=N–C) groups is 2. The molecule has 1 N–H and O–H groups in total. The number of hydrogen-bond donors (Lipinski definition) is 1. The molecule has 0 bridgehead atoms. The van der Waals surface area contributed by atoms with Gasteiger partial charge in [0.15, 0.2) is 0 Å². The van der Waals surface area contributed by atoms with Crippen molar-refractivity contribution in [2.75, 3.05) is 13.1 Å². The minimum absolute atomic E-state index is 0.246. The highest BCUT2D eigenvalue weighted by Crippen LogP contribution is 2.22. The standard InChI is InChI=1S/C21H22N2OS2/c1-16-12-17(14-22-8-6-19-4-2-10-25-19)21(24)18(13-16)15-23-9-7-20-5-3-11-26-20/h2-5,10-15,24H,6-9H2,1H3. The first-order valence-corrected chi connectivity index (χ1v) is 10.4. The molecule has 5 heteroatoms. The van der Waals surface area contributed by atoms with Crippen molar-refractivity contribution in [1.82, 2.24) is 0 Å². The lowest BCUT2D eigenvalue weighted by Gasteiger charge is -2.05. The average molecular weight is 383 g/mol. The lowest BCUT2D eigenvalue weighted by Crippen LogP contribution is -1.94. The number of hydrogen-bond acceptors (Lipinski definition) is 5. The molecule has 26 heavy (non-hydrogen) atoms. The maximum Gasteiger partial charge on any atom is 0.133 e. The molecule has 0 saturated heterocycles. The average Bonchev–Trinajstić information content (AvgIpc) is 3.32. The van der Waals surface area contributed by atoms with Crippen LogP contribution < -0.4 is 0 Å². The van der Waals surface area contributed by atoms with E-state index in [0.29, 0.717) is 0 Å². The van der Waals surface area contributed by atoms with Crippen LogP contribution in [0.25, 0.3) is 0 Å². The van der Waals surface area contributed by atoms with Crippen LogP contribution in [0.1, 0.15) is 26.4 Å². The summed E-state index contributed by atoms with van der Waals surface area (Å²) in [5, 5.41) is 14.7. The second-order valence-electron chi connectivity index (χ2n) is 6.02. The highest BCUT2D eigenvalue weighted by atomic mass is 32.1. The molecule has 134 valence electrons. The third kappa shape index (κ3) is 5.38. The quantitative estimate of drug-likeness (QED) is 0.538. The van der Waals surface area contributed by atoms with Gasteiger partial charge >= 0.3 is 0 Å². The van der Waals surface area contributed by atoms with Crippen LogP contribution in [0.4, 0.5) is 0 Å². The summed E-state index contributed by atoms with van der Waals surface area (Å²) < 4.78 is 0. The van der Waals surface area contributed by atoms with Crippen molar-refractivity contribution in [1.29, 1.82) is 0 Å². The monoisotopic (exact) mass is 382 g/mol. The smallest absolute Gasteiger partial charge is 0.133 e. The molecule has 0 radical (unpaired) electrons. The van der Waals surface area contributed by atoms with Gasteiger partial charge in [-0.3, -0.25) is 9.98 Å². The number of phenolic OH excluding ortho intramolecular Hbond substituents is 1. The van der Waals surface area contributed by atoms with Gasteiger partial charge < -0.3 is 5.11 Å². The van der Waals surface area contributed by atoms with Crippen LogP contribution in [0.15, 0.2) is 57.1 Å². The Morgan fingerprint density at radius 3 is 1.81 bits per heavy atom. The molecule has 0 amide bonds. The molecule has 0 fully saturated rings. The van der Waals surface area contributed by atoms with Gasteiger partial charge in [0.05, 0.1) is 0 Å². The molecule has 3 rings (SSSR count). The van der Waals surface area contributed by atoms with Crippen molar-refractivity contribution in [3.63, 3.8) is 0 Å². The molecule has 1 aromatic carbocycles. The van der Waals surface area contributed by atoms with E-state index in [-0.39, 0.29) is 5.75 Å². The molecule has 3 nitrogen and oxygen atoms in total. The Balaban J connectivity index is 1.61. The summed E-state index contributed by atoms with van der Waals surface area (Å²) in [6.07, 6.45) is 5.38. The fraction of sp³-hybridized carbons (Fsp3) is 0.238. The molecule has 0 aliphatic rings. The van der Waals surface area contributed by atoms with Crippen LogP contribution in [0, 0.1) is 6.92 Å². The van der Waals surface area contributed by atoms with Crippen molar-refractivity contribution >= 4 is 35.1 Å². The predicted molar refractivity (Wildman–Crippen MR) is 114 cm³/mol. The van der Waals surface area contributed by atoms with E-state index in [1.54, 1.807) is 35.1 Å². The largest absolute Gasteiger partial charge is 0.507 e. The van der Waals surface area contributed by atoms with Crippen molar-refractivity contribution in [2.24, 2.45) is 9.98 Å². The van der Waals surface area contributed by atoms with Crippen LogP contribution in [0.5, 0.6) is 5.75 Å². The normalized spacial score (nSPS) is 11.7. The van der Waals surface area contributed by atoms with Crippen LogP contribution in [-0.4, -0.2) is 30.6 Å². The van der Waals surface area contributed by atoms with Gasteiger partial charge in [0.2, 0.25) is 0 Å². The van der Waals surface area contributed by atoms with Gasteiger partial charge in [0.1, 0.15) is 5.75 Å². The zero-order chi connectivity index (χ0) is 18.2. The van der Waals surface area contributed by atoms with E-state index in [2.05, 4.69) is 45.0 Å². The fourth-order valence-corrected chi connectivity index (χ4v) is 4.01. The van der Waals surface area contributed by atoms with Crippen LogP contribution in [-0.2, 0) is 12.8 Å². The number of rotatable bonds is 8. The van der Waals surface area contributed by atoms with Crippen LogP contribution in [0.2, 0.25) is 0 Å². The van der Waals surface area contributed by atoms with Gasteiger partial charge in [0.25, 0.3) is 0 Å². The van der Waals surface area contributed by atoms with Crippen LogP contribution >= 0.6 is 22.7 Å². The number of phenols is 1. The SMILES string of the molecule is Cc1cc(C=NCCc2cccs2)c(O)c(C=NCCc2cccs2)c1. The van der Waals surface area contributed by atoms with E-state index in [1.165, 1.54) is 9.75 Å². The molecular formula is C21H22N2OS2. The lowest BCUT2D eigenvalue weighted by atomic mass is 10.1. The Morgan fingerprint density at radius 2 is 1.38 bits per heavy atom. The third-order valence-corrected chi connectivity index (χ3v) is 5.78. The van der Waals surface area contributed by atoms with E-state index in [9.17, 15) is 5.11 Å². The van der Waals surface area contributed by atoms with E-state index < -0.39 is 0 Å². The van der Waals surface area contributed by atoms with Crippen molar-refractivity contribution in [2.45, 2.75) is 19.8 Å². The van der Waals surface area contributed by atoms with Crippen molar-refractivity contribution < 1.29 is 5.11 Å². The predicted octanol–water partition coefficient (Wildman–Crippen LogP) is 5.15. The second kappa shape index (κ2) is 9.46. The Morgan fingerprint density at radius 1 is 0.885 bits per heavy atom. The van der Waals surface area contributed by atoms with E-state index >= 15 is 0 Å². The van der Waals surface area contributed by atoms with E-state index in [0.717, 1.165) is 42.6 Å². The molecule has 0 aliphatic heterocycles. The Hall–Kier alpha value is -2.24. The first-order valence-electron chi connectivity index (χ1n) is 8.60. The van der Waals surface area contributed by atoms with Gasteiger partial charge in [0, 0.05) is 59.2 Å². The molecule has 0 atom stereocenters. The van der Waals surface area contributed by atoms with Gasteiger partial charge in [-0.1, -0.05) is 12.1 Å². The molecule has 0 aliphatic carbocycles. The number of aryl methyl sites for hydroxylation is 1. The highest BCUT2D eigenvalue weighted by molar-refractivity contribution is 7.10. The molecule has 0 spiro atoms. The second-order valence-corrected chi connectivity index (χ2v) is 8.09. The molecular weight excluding hydrogens is 360 g/mol. The Kier molecular flexibility index (Phi) is 6.75. The van der Waals surface area contributed by atoms with E-state index in [4.69, 9.17) is 0 Å². The van der Waals surface area contributed by atoms with Crippen molar-refractivity contribution in [3.8, 4) is 5.75 Å². The summed E-state index contributed by atoms with van der Waals surface area (Å²) in [4.78, 5) is 11.6. The number of nitrogens with zero attached hydrogens (tertiary/aromatic N) is 2. The third-order valence-electron chi connectivity index (χ3n) is 3.91. The van der Waals surface area contributed by atoms with Crippen molar-refractivity contribution in [3.05, 3.63) is 73.6 Å². The zero-order valence-corrected chi connectivity index (χ0v) is 16.4. The topological polar surface area (TPSA) is 45.0 Å². The zero-order valence-electron chi connectivity index (χ0n) is 14.8. The minimum Gasteiger partial charge on any atom is -0.507 e. The summed E-state index contributed by atoms with van der Waals surface area (Å²) in [7, 11) is 0. The lowest BCUT2D eigenvalue weighted by molar-refractivity contribution is 0.473. The minimum atomic E-state index is 0.246. The maximum atomic E-state index is 10.5. The highest BCUT2D eigenvalue weighted by Gasteiger charge is 2.05. The van der Waals surface area contributed by atoms with Gasteiger partial charge in [-0.05, 0) is 47.5 Å². The molecule has 2 aromatic heterocycles. The van der Waals surface area contributed by atoms with Gasteiger partial charge in [-0.25, -0.2) is 0 Å². The first-order chi connectivity index (χ1) is 12.7. The fourth-order valence-electron chi connectivity index (χ4n) is 2.62. The molecule has 0 unspecified atom stereocenters. The summed E-state index contributed by atoms with van der Waals surface area (Å²) in [5.41, 5.74) is 2.58. The molecule has 0 saturated carbocycles. The van der Waals surface area contributed by atoms with Crippen LogP contribution in [0.3, 0.4) is 0 Å². The summed E-state index contributed by atoms with van der Waals surface area (Å²) in [5.74, 6) is 0.246. The maximum absolute atomic E-state index is 10.5. The Labute approximate surface area is 162 Å². The number of aromatic hydroxyl groups is 1. The number of benzene rings is 1. The van der Waals surface area contributed by atoms with Gasteiger partial charge in [-0.2, -0.15) is 0 Å². The number of thiophene rings is 2. The summed E-state index contributed by atoms with van der Waals surface area (Å²) >= 11 is 3.49. The Bertz CT molecular complexity index is 796. The summed E-state index contributed by atoms with van der Waals surface area (Å²) in [6, 6.07) is 12.3. The summed E-state index contributed by atoms with van der Waals surface area (Å²) in [6.45, 7) is 3.46. The first kappa shape index (κ1) is 18.5. The van der Waals surface area contributed by atoms with Gasteiger partial charge in [-0.15, -0.1) is 22.7 Å². The van der Waals surface area contributed by atoms with E-state index in [1.807, 2.05) is 19.1 Å². The molecule has 2 heterocycles. The molecule has 3 aromatic rings.